The van der Waals surface area contributed by atoms with E-state index in [1.54, 1.807) is 0 Å². The Kier molecular flexibility index (Phi) is 4.11. The molecular weight excluding hydrogens is 212 g/mol. The lowest BCUT2D eigenvalue weighted by Gasteiger charge is -2.44. The van der Waals surface area contributed by atoms with Gasteiger partial charge >= 0.3 is 0 Å². The van der Waals surface area contributed by atoms with E-state index in [9.17, 15) is 5.11 Å². The quantitative estimate of drug-likeness (QED) is 0.768. The molecule has 2 rings (SSSR count). The molecule has 0 amide bonds. The van der Waals surface area contributed by atoms with E-state index in [1.807, 2.05) is 0 Å². The van der Waals surface area contributed by atoms with E-state index >= 15 is 0 Å². The van der Waals surface area contributed by atoms with E-state index in [-0.39, 0.29) is 12.1 Å². The number of rotatable bonds is 5. The molecule has 0 saturated heterocycles. The highest BCUT2D eigenvalue weighted by Gasteiger charge is 2.40. The van der Waals surface area contributed by atoms with Gasteiger partial charge in [-0.15, -0.1) is 0 Å². The maximum atomic E-state index is 9.76. The van der Waals surface area contributed by atoms with Crippen molar-refractivity contribution in [1.82, 2.24) is 10.2 Å². The van der Waals surface area contributed by atoms with Crippen LogP contribution in [0.5, 0.6) is 0 Å². The van der Waals surface area contributed by atoms with Crippen LogP contribution in [-0.2, 0) is 0 Å². The van der Waals surface area contributed by atoms with Crippen LogP contribution in [0.4, 0.5) is 0 Å². The monoisotopic (exact) mass is 240 g/mol. The first-order chi connectivity index (χ1) is 8.06. The van der Waals surface area contributed by atoms with Crippen LogP contribution in [-0.4, -0.2) is 47.3 Å². The van der Waals surface area contributed by atoms with Gasteiger partial charge in [-0.2, -0.15) is 0 Å². The third kappa shape index (κ3) is 3.21. The summed E-state index contributed by atoms with van der Waals surface area (Å²) in [5, 5.41) is 13.4. The minimum atomic E-state index is -0.0275. The van der Waals surface area contributed by atoms with Gasteiger partial charge in [-0.25, -0.2) is 0 Å². The van der Waals surface area contributed by atoms with Crippen molar-refractivity contribution in [3.8, 4) is 0 Å². The molecule has 2 unspecified atom stereocenters. The number of hydrogen-bond acceptors (Lipinski definition) is 3. The molecule has 0 heterocycles. The van der Waals surface area contributed by atoms with Gasteiger partial charge in [0.25, 0.3) is 0 Å². The summed E-state index contributed by atoms with van der Waals surface area (Å²) in [6, 6.07) is 1.94. The fourth-order valence-electron chi connectivity index (χ4n) is 3.39. The van der Waals surface area contributed by atoms with Gasteiger partial charge in [-0.3, -0.25) is 0 Å². The van der Waals surface area contributed by atoms with Crippen molar-refractivity contribution in [3.63, 3.8) is 0 Å². The number of aliphatic hydroxyl groups is 1. The second-order valence-electron chi connectivity index (χ2n) is 6.38. The molecule has 2 atom stereocenters. The second kappa shape index (κ2) is 5.25. The molecule has 0 aromatic rings. The summed E-state index contributed by atoms with van der Waals surface area (Å²) >= 11 is 0. The fraction of sp³-hybridized carbons (Fsp3) is 1.00. The SMILES string of the molecule is CC(C)NC1(CO)CCCC(N(C)C2CC2)C1. The molecule has 3 heteroatoms. The van der Waals surface area contributed by atoms with Crippen molar-refractivity contribution >= 4 is 0 Å². The molecule has 0 aliphatic heterocycles. The lowest BCUT2D eigenvalue weighted by Crippen LogP contribution is -2.57. The second-order valence-corrected chi connectivity index (χ2v) is 6.38. The summed E-state index contributed by atoms with van der Waals surface area (Å²) in [6.07, 6.45) is 7.51. The van der Waals surface area contributed by atoms with Crippen LogP contribution in [0, 0.1) is 0 Å². The summed E-state index contributed by atoms with van der Waals surface area (Å²) in [4.78, 5) is 2.56. The number of nitrogens with zero attached hydrogens (tertiary/aromatic N) is 1. The molecule has 2 aliphatic carbocycles. The van der Waals surface area contributed by atoms with Crippen LogP contribution in [0.15, 0.2) is 0 Å². The van der Waals surface area contributed by atoms with Crippen LogP contribution in [0.1, 0.15) is 52.4 Å². The maximum Gasteiger partial charge on any atom is 0.0613 e. The average Bonchev–Trinajstić information content (AvgIpc) is 3.11. The molecule has 0 aromatic carbocycles. The lowest BCUT2D eigenvalue weighted by molar-refractivity contribution is 0.0613. The predicted molar refractivity (Wildman–Crippen MR) is 71.1 cm³/mol. The molecule has 17 heavy (non-hydrogen) atoms. The number of aliphatic hydroxyl groups excluding tert-OH is 1. The first kappa shape index (κ1) is 13.3. The van der Waals surface area contributed by atoms with Gasteiger partial charge in [0.2, 0.25) is 0 Å². The van der Waals surface area contributed by atoms with Gasteiger partial charge in [0.05, 0.1) is 6.61 Å². The Bertz CT molecular complexity index is 253. The molecule has 100 valence electrons. The Labute approximate surface area is 106 Å². The first-order valence-electron chi connectivity index (χ1n) is 7.17. The number of nitrogens with one attached hydrogen (secondary N) is 1. The first-order valence-corrected chi connectivity index (χ1v) is 7.17. The zero-order valence-electron chi connectivity index (χ0n) is 11.6. The predicted octanol–water partition coefficient (Wildman–Crippen LogP) is 1.75. The van der Waals surface area contributed by atoms with Gasteiger partial charge in [0.15, 0.2) is 0 Å². The number of hydrogen-bond donors (Lipinski definition) is 2. The largest absolute Gasteiger partial charge is 0.394 e. The standard InChI is InChI=1S/C14H28N2O/c1-11(2)15-14(10-17)8-4-5-13(9-14)16(3)12-6-7-12/h11-13,15,17H,4-10H2,1-3H3. The van der Waals surface area contributed by atoms with Crippen LogP contribution in [0.3, 0.4) is 0 Å². The van der Waals surface area contributed by atoms with E-state index in [0.717, 1.165) is 18.9 Å². The molecule has 2 N–H and O–H groups in total. The van der Waals surface area contributed by atoms with Crippen molar-refractivity contribution in [1.29, 1.82) is 0 Å². The summed E-state index contributed by atoms with van der Waals surface area (Å²) < 4.78 is 0. The highest BCUT2D eigenvalue weighted by atomic mass is 16.3. The molecular formula is C14H28N2O. The van der Waals surface area contributed by atoms with Crippen LogP contribution < -0.4 is 5.32 Å². The van der Waals surface area contributed by atoms with Gasteiger partial charge in [-0.05, 0) is 45.6 Å². The smallest absolute Gasteiger partial charge is 0.0613 e. The van der Waals surface area contributed by atoms with E-state index in [4.69, 9.17) is 0 Å². The summed E-state index contributed by atoms with van der Waals surface area (Å²) in [5.74, 6) is 0. The highest BCUT2D eigenvalue weighted by Crippen LogP contribution is 2.36. The Balaban J connectivity index is 1.97. The summed E-state index contributed by atoms with van der Waals surface area (Å²) in [5.41, 5.74) is -0.0275. The van der Waals surface area contributed by atoms with Crippen LogP contribution in [0.2, 0.25) is 0 Å². The minimum Gasteiger partial charge on any atom is -0.394 e. The normalized spacial score (nSPS) is 34.6. The van der Waals surface area contributed by atoms with Crippen molar-refractivity contribution in [3.05, 3.63) is 0 Å². The van der Waals surface area contributed by atoms with Gasteiger partial charge in [-0.1, -0.05) is 13.8 Å². The van der Waals surface area contributed by atoms with Gasteiger partial charge < -0.3 is 15.3 Å². The third-order valence-corrected chi connectivity index (χ3v) is 4.42. The Hall–Kier alpha value is -0.120. The molecule has 2 saturated carbocycles. The molecule has 2 aliphatic rings. The highest BCUT2D eigenvalue weighted by molar-refractivity contribution is 4.99. The molecule has 0 bridgehead atoms. The Morgan fingerprint density at radius 2 is 2.00 bits per heavy atom. The average molecular weight is 240 g/mol. The van der Waals surface area contributed by atoms with Crippen molar-refractivity contribution < 1.29 is 5.11 Å². The molecule has 3 nitrogen and oxygen atoms in total. The van der Waals surface area contributed by atoms with E-state index in [2.05, 4.69) is 31.1 Å². The maximum absolute atomic E-state index is 9.76. The van der Waals surface area contributed by atoms with Crippen molar-refractivity contribution in [2.24, 2.45) is 0 Å². The molecule has 0 radical (unpaired) electrons. The van der Waals surface area contributed by atoms with Crippen molar-refractivity contribution in [2.45, 2.75) is 76.0 Å². The Morgan fingerprint density at radius 1 is 1.29 bits per heavy atom. The zero-order valence-corrected chi connectivity index (χ0v) is 11.6. The molecule has 0 spiro atoms. The topological polar surface area (TPSA) is 35.5 Å². The van der Waals surface area contributed by atoms with Crippen molar-refractivity contribution in [2.75, 3.05) is 13.7 Å². The molecule has 2 fully saturated rings. The van der Waals surface area contributed by atoms with E-state index in [1.165, 1.54) is 25.7 Å². The van der Waals surface area contributed by atoms with E-state index in [0.29, 0.717) is 12.1 Å². The van der Waals surface area contributed by atoms with Crippen LogP contribution in [0.25, 0.3) is 0 Å². The van der Waals surface area contributed by atoms with Crippen LogP contribution >= 0.6 is 0 Å². The lowest BCUT2D eigenvalue weighted by atomic mass is 9.78. The third-order valence-electron chi connectivity index (χ3n) is 4.42. The fourth-order valence-corrected chi connectivity index (χ4v) is 3.39. The van der Waals surface area contributed by atoms with Gasteiger partial charge in [0.1, 0.15) is 0 Å². The zero-order chi connectivity index (χ0) is 12.5. The minimum absolute atomic E-state index is 0.0275. The summed E-state index contributed by atoms with van der Waals surface area (Å²) in [6.45, 7) is 4.62. The van der Waals surface area contributed by atoms with Gasteiger partial charge in [0, 0.05) is 23.7 Å². The summed E-state index contributed by atoms with van der Waals surface area (Å²) in [7, 11) is 2.27. The Morgan fingerprint density at radius 3 is 2.53 bits per heavy atom. The molecule has 0 aromatic heterocycles. The van der Waals surface area contributed by atoms with E-state index < -0.39 is 0 Å².